The Morgan fingerprint density at radius 2 is 1.76 bits per heavy atom. The van der Waals surface area contributed by atoms with Crippen LogP contribution in [0.3, 0.4) is 0 Å². The van der Waals surface area contributed by atoms with Crippen LogP contribution in [0.4, 0.5) is 0 Å². The molecule has 1 atom stereocenters. The summed E-state index contributed by atoms with van der Waals surface area (Å²) in [4.78, 5) is 4.94. The van der Waals surface area contributed by atoms with Gasteiger partial charge in [-0.1, -0.05) is 29.3 Å². The van der Waals surface area contributed by atoms with Gasteiger partial charge in [0.25, 0.3) is 0 Å². The van der Waals surface area contributed by atoms with Crippen molar-refractivity contribution >= 4 is 23.2 Å². The normalized spacial score (nSPS) is 19.7. The van der Waals surface area contributed by atoms with Crippen LogP contribution in [0.15, 0.2) is 18.2 Å². The molecule has 1 unspecified atom stereocenters. The van der Waals surface area contributed by atoms with Crippen molar-refractivity contribution < 1.29 is 0 Å². The van der Waals surface area contributed by atoms with E-state index in [-0.39, 0.29) is 11.6 Å². The van der Waals surface area contributed by atoms with Gasteiger partial charge in [0.15, 0.2) is 0 Å². The number of hydrogen-bond acceptors (Lipinski definition) is 3. The maximum atomic E-state index is 6.35. The van der Waals surface area contributed by atoms with E-state index in [4.69, 9.17) is 28.9 Å². The molecule has 0 bridgehead atoms. The van der Waals surface area contributed by atoms with Crippen LogP contribution in [0.2, 0.25) is 10.0 Å². The van der Waals surface area contributed by atoms with Gasteiger partial charge in [0.1, 0.15) is 0 Å². The zero-order valence-electron chi connectivity index (χ0n) is 13.1. The lowest BCUT2D eigenvalue weighted by Crippen LogP contribution is -2.54. The monoisotopic (exact) mass is 329 g/mol. The lowest BCUT2D eigenvalue weighted by Gasteiger charge is -2.44. The van der Waals surface area contributed by atoms with Crippen LogP contribution in [0.1, 0.15) is 32.4 Å². The summed E-state index contributed by atoms with van der Waals surface area (Å²) >= 11 is 12.3. The average molecular weight is 330 g/mol. The standard InChI is InChI=1S/C16H25Cl2N3/c1-16(2,3)21-8-6-20(7-9-21)15(11-19)13-5-4-12(17)10-14(13)18/h4-5,10,15H,6-9,11,19H2,1-3H3. The van der Waals surface area contributed by atoms with Gasteiger partial charge >= 0.3 is 0 Å². The Morgan fingerprint density at radius 3 is 2.24 bits per heavy atom. The third kappa shape index (κ3) is 4.11. The Kier molecular flexibility index (Phi) is 5.55. The molecule has 0 aromatic heterocycles. The van der Waals surface area contributed by atoms with Crippen LogP contribution in [0.5, 0.6) is 0 Å². The number of piperazine rings is 1. The van der Waals surface area contributed by atoms with Gasteiger partial charge in [-0.25, -0.2) is 0 Å². The largest absolute Gasteiger partial charge is 0.329 e. The van der Waals surface area contributed by atoms with Gasteiger partial charge < -0.3 is 5.73 Å². The van der Waals surface area contributed by atoms with Crippen molar-refractivity contribution in [2.75, 3.05) is 32.7 Å². The van der Waals surface area contributed by atoms with Gasteiger partial charge in [0, 0.05) is 54.3 Å². The second kappa shape index (κ2) is 6.84. The van der Waals surface area contributed by atoms with Gasteiger partial charge in [-0.15, -0.1) is 0 Å². The number of rotatable bonds is 3. The first kappa shape index (κ1) is 17.0. The van der Waals surface area contributed by atoms with E-state index in [1.165, 1.54) is 0 Å². The molecule has 1 saturated heterocycles. The summed E-state index contributed by atoms with van der Waals surface area (Å²) in [6, 6.07) is 5.85. The molecule has 1 aromatic rings. The molecule has 1 fully saturated rings. The second-order valence-corrected chi connectivity index (χ2v) is 7.45. The minimum atomic E-state index is 0.164. The summed E-state index contributed by atoms with van der Waals surface area (Å²) < 4.78 is 0. The zero-order chi connectivity index (χ0) is 15.6. The second-order valence-electron chi connectivity index (χ2n) is 6.61. The Bertz CT molecular complexity index is 477. The van der Waals surface area contributed by atoms with Crippen LogP contribution in [0.25, 0.3) is 0 Å². The number of halogens is 2. The smallest absolute Gasteiger partial charge is 0.0486 e. The minimum absolute atomic E-state index is 0.164. The van der Waals surface area contributed by atoms with Gasteiger partial charge in [0.2, 0.25) is 0 Å². The lowest BCUT2D eigenvalue weighted by atomic mass is 10.0. The van der Waals surface area contributed by atoms with E-state index >= 15 is 0 Å². The molecular formula is C16H25Cl2N3. The van der Waals surface area contributed by atoms with Crippen LogP contribution < -0.4 is 5.73 Å². The zero-order valence-corrected chi connectivity index (χ0v) is 14.6. The Morgan fingerprint density at radius 1 is 1.14 bits per heavy atom. The molecule has 0 aliphatic carbocycles. The van der Waals surface area contributed by atoms with E-state index in [1.807, 2.05) is 12.1 Å². The molecular weight excluding hydrogens is 305 g/mol. The van der Waals surface area contributed by atoms with Crippen LogP contribution in [-0.2, 0) is 0 Å². The summed E-state index contributed by atoms with van der Waals surface area (Å²) in [5, 5.41) is 1.37. The van der Waals surface area contributed by atoms with E-state index in [0.29, 0.717) is 16.6 Å². The molecule has 118 valence electrons. The molecule has 5 heteroatoms. The quantitative estimate of drug-likeness (QED) is 0.922. The number of nitrogens with zero attached hydrogens (tertiary/aromatic N) is 2. The highest BCUT2D eigenvalue weighted by atomic mass is 35.5. The first-order valence-corrected chi connectivity index (χ1v) is 8.22. The molecule has 1 aromatic carbocycles. The Labute approximate surface area is 138 Å². The van der Waals surface area contributed by atoms with E-state index in [2.05, 4.69) is 30.6 Å². The molecule has 1 heterocycles. The van der Waals surface area contributed by atoms with Gasteiger partial charge in [0.05, 0.1) is 0 Å². The molecule has 0 spiro atoms. The van der Waals surface area contributed by atoms with Crippen LogP contribution in [0, 0.1) is 0 Å². The van der Waals surface area contributed by atoms with E-state index in [9.17, 15) is 0 Å². The van der Waals surface area contributed by atoms with Crippen molar-refractivity contribution in [3.63, 3.8) is 0 Å². The van der Waals surface area contributed by atoms with Crippen molar-refractivity contribution in [1.29, 1.82) is 0 Å². The summed E-state index contributed by atoms with van der Waals surface area (Å²) in [6.45, 7) is 11.5. The molecule has 0 amide bonds. The molecule has 2 rings (SSSR count). The summed E-state index contributed by atoms with van der Waals surface area (Å²) in [7, 11) is 0. The highest BCUT2D eigenvalue weighted by Crippen LogP contribution is 2.30. The van der Waals surface area contributed by atoms with E-state index < -0.39 is 0 Å². The maximum absolute atomic E-state index is 6.35. The van der Waals surface area contributed by atoms with Crippen molar-refractivity contribution in [3.8, 4) is 0 Å². The van der Waals surface area contributed by atoms with Crippen molar-refractivity contribution in [1.82, 2.24) is 9.80 Å². The topological polar surface area (TPSA) is 32.5 Å². The van der Waals surface area contributed by atoms with Crippen molar-refractivity contribution in [2.45, 2.75) is 32.4 Å². The fourth-order valence-electron chi connectivity index (χ4n) is 2.95. The SMILES string of the molecule is CC(C)(C)N1CCN(C(CN)c2ccc(Cl)cc2Cl)CC1. The lowest BCUT2D eigenvalue weighted by molar-refractivity contribution is 0.0434. The maximum Gasteiger partial charge on any atom is 0.0486 e. The molecule has 0 radical (unpaired) electrons. The van der Waals surface area contributed by atoms with Gasteiger partial charge in [-0.3, -0.25) is 9.80 Å². The number of benzene rings is 1. The summed E-state index contributed by atoms with van der Waals surface area (Å²) in [6.07, 6.45) is 0. The molecule has 1 aliphatic heterocycles. The van der Waals surface area contributed by atoms with Crippen molar-refractivity contribution in [3.05, 3.63) is 33.8 Å². The number of nitrogens with two attached hydrogens (primary N) is 1. The third-order valence-electron chi connectivity index (χ3n) is 4.25. The Balaban J connectivity index is 2.09. The predicted octanol–water partition coefficient (Wildman–Crippen LogP) is 3.41. The summed E-state index contributed by atoms with van der Waals surface area (Å²) in [5.41, 5.74) is 7.32. The summed E-state index contributed by atoms with van der Waals surface area (Å²) in [5.74, 6) is 0. The molecule has 3 nitrogen and oxygen atoms in total. The first-order chi connectivity index (χ1) is 9.82. The minimum Gasteiger partial charge on any atom is -0.329 e. The number of hydrogen-bond donors (Lipinski definition) is 1. The highest BCUT2D eigenvalue weighted by molar-refractivity contribution is 6.35. The Hall–Kier alpha value is -0.320. The van der Waals surface area contributed by atoms with Crippen LogP contribution >= 0.6 is 23.2 Å². The average Bonchev–Trinajstić information content (AvgIpc) is 2.41. The fraction of sp³-hybridized carbons (Fsp3) is 0.625. The molecule has 21 heavy (non-hydrogen) atoms. The fourth-order valence-corrected chi connectivity index (χ4v) is 3.48. The molecule has 0 saturated carbocycles. The van der Waals surface area contributed by atoms with Gasteiger partial charge in [-0.05, 0) is 38.5 Å². The molecule has 2 N–H and O–H groups in total. The predicted molar refractivity (Wildman–Crippen MR) is 91.2 cm³/mol. The molecule has 1 aliphatic rings. The van der Waals surface area contributed by atoms with E-state index in [1.54, 1.807) is 6.07 Å². The van der Waals surface area contributed by atoms with Crippen molar-refractivity contribution in [2.24, 2.45) is 5.73 Å². The first-order valence-electron chi connectivity index (χ1n) is 7.47. The highest BCUT2D eigenvalue weighted by Gasteiger charge is 2.29. The third-order valence-corrected chi connectivity index (χ3v) is 4.81. The van der Waals surface area contributed by atoms with Crippen LogP contribution in [-0.4, -0.2) is 48.1 Å². The van der Waals surface area contributed by atoms with Gasteiger partial charge in [-0.2, -0.15) is 0 Å². The van der Waals surface area contributed by atoms with E-state index in [0.717, 1.165) is 31.7 Å².